The van der Waals surface area contributed by atoms with Gasteiger partial charge in [0.2, 0.25) is 6.33 Å². The molecule has 0 saturated carbocycles. The Bertz CT molecular complexity index is 286. The zero-order chi connectivity index (χ0) is 13.7. The van der Waals surface area contributed by atoms with Gasteiger partial charge in [0.25, 0.3) is 0 Å². The monoisotopic (exact) mass is 239 g/mol. The molecular weight excluding hydrogens is 208 g/mol. The molecule has 0 radical (unpaired) electrons. The van der Waals surface area contributed by atoms with Crippen LogP contribution in [0.15, 0.2) is 18.7 Å². The van der Waals surface area contributed by atoms with Gasteiger partial charge in [0, 0.05) is 5.41 Å². The van der Waals surface area contributed by atoms with Gasteiger partial charge in [-0.15, -0.1) is 0 Å². The molecule has 17 heavy (non-hydrogen) atoms. The Morgan fingerprint density at radius 2 is 1.59 bits per heavy atom. The van der Waals surface area contributed by atoms with E-state index in [9.17, 15) is 0 Å². The predicted octanol–water partition coefficient (Wildman–Crippen LogP) is 4.35. The first kappa shape index (κ1) is 16.2. The third kappa shape index (κ3) is 5.90. The van der Waals surface area contributed by atoms with Gasteiger partial charge in [0.1, 0.15) is 18.4 Å². The number of imidazole rings is 1. The summed E-state index contributed by atoms with van der Waals surface area (Å²) in [7, 11) is 0. The first-order chi connectivity index (χ1) is 7.70. The second kappa shape index (κ2) is 6.23. The second-order valence-corrected chi connectivity index (χ2v) is 6.71. The highest BCUT2D eigenvalue weighted by atomic mass is 15.1. The SMILES string of the molecule is CC.CC(C)(C)CC([n+]1cc[nH]c1)C(C)(C)C. The van der Waals surface area contributed by atoms with Crippen molar-refractivity contribution in [1.29, 1.82) is 0 Å². The fourth-order valence-corrected chi connectivity index (χ4v) is 1.93. The molecule has 0 aliphatic carbocycles. The first-order valence-electron chi connectivity index (χ1n) is 6.74. The number of nitrogens with zero attached hydrogens (tertiary/aromatic N) is 1. The smallest absolute Gasteiger partial charge is 0.241 e. The number of aromatic nitrogens is 2. The van der Waals surface area contributed by atoms with Crippen LogP contribution in [0.25, 0.3) is 0 Å². The maximum atomic E-state index is 3.13. The van der Waals surface area contributed by atoms with Gasteiger partial charge in [-0.3, -0.25) is 4.98 Å². The van der Waals surface area contributed by atoms with Gasteiger partial charge in [-0.2, -0.15) is 0 Å². The molecule has 0 aliphatic rings. The molecule has 1 aromatic heterocycles. The normalized spacial score (nSPS) is 13.9. The lowest BCUT2D eigenvalue weighted by atomic mass is 9.77. The molecule has 1 aromatic rings. The Morgan fingerprint density at radius 1 is 1.06 bits per heavy atom. The first-order valence-corrected chi connectivity index (χ1v) is 6.74. The number of hydrogen-bond acceptors (Lipinski definition) is 0. The lowest BCUT2D eigenvalue weighted by molar-refractivity contribution is -0.736. The molecule has 1 heterocycles. The fourth-order valence-electron chi connectivity index (χ4n) is 1.93. The van der Waals surface area contributed by atoms with E-state index >= 15 is 0 Å². The standard InChI is InChI=1S/C13H24N2.C2H6/c1-12(2,3)9-11(13(4,5)6)15-8-7-14-10-15;1-2/h7-8,10-11H,9H2,1-6H3;1-2H3/p+1. The van der Waals surface area contributed by atoms with Gasteiger partial charge in [-0.25, -0.2) is 4.57 Å². The number of rotatable bonds is 2. The Labute approximate surface area is 107 Å². The summed E-state index contributed by atoms with van der Waals surface area (Å²) in [6.07, 6.45) is 7.36. The molecule has 0 amide bonds. The van der Waals surface area contributed by atoms with E-state index < -0.39 is 0 Å². The van der Waals surface area contributed by atoms with Crippen molar-refractivity contribution in [3.05, 3.63) is 18.7 Å². The predicted molar refractivity (Wildman–Crippen MR) is 74.9 cm³/mol. The highest BCUT2D eigenvalue weighted by Crippen LogP contribution is 2.35. The minimum absolute atomic E-state index is 0.292. The molecule has 0 aromatic carbocycles. The van der Waals surface area contributed by atoms with E-state index in [0.717, 1.165) is 0 Å². The molecule has 0 bridgehead atoms. The molecule has 2 nitrogen and oxygen atoms in total. The van der Waals surface area contributed by atoms with E-state index in [2.05, 4.69) is 63.6 Å². The van der Waals surface area contributed by atoms with Crippen molar-refractivity contribution in [2.45, 2.75) is 67.9 Å². The highest BCUT2D eigenvalue weighted by Gasteiger charge is 2.33. The summed E-state index contributed by atoms with van der Waals surface area (Å²) in [5.74, 6) is 0. The van der Waals surface area contributed by atoms with E-state index in [0.29, 0.717) is 16.9 Å². The molecule has 1 unspecified atom stereocenters. The number of aromatic amines is 1. The van der Waals surface area contributed by atoms with Crippen molar-refractivity contribution in [2.75, 3.05) is 0 Å². The van der Waals surface area contributed by atoms with Crippen LogP contribution in [0.4, 0.5) is 0 Å². The van der Waals surface area contributed by atoms with Crippen LogP contribution in [-0.4, -0.2) is 4.98 Å². The average molecular weight is 239 g/mol. The number of nitrogens with one attached hydrogen (secondary N) is 1. The molecule has 2 heteroatoms. The maximum absolute atomic E-state index is 3.13. The average Bonchev–Trinajstić information content (AvgIpc) is 2.67. The molecule has 1 atom stereocenters. The van der Waals surface area contributed by atoms with Crippen LogP contribution < -0.4 is 4.57 Å². The zero-order valence-corrected chi connectivity index (χ0v) is 13.0. The topological polar surface area (TPSA) is 19.7 Å². The van der Waals surface area contributed by atoms with Crippen molar-refractivity contribution < 1.29 is 4.57 Å². The Hall–Kier alpha value is -0.790. The van der Waals surface area contributed by atoms with Crippen molar-refractivity contribution in [2.24, 2.45) is 10.8 Å². The molecule has 100 valence electrons. The Morgan fingerprint density at radius 3 is 1.88 bits per heavy atom. The second-order valence-electron chi connectivity index (χ2n) is 6.71. The lowest BCUT2D eigenvalue weighted by Gasteiger charge is -2.32. The van der Waals surface area contributed by atoms with Crippen molar-refractivity contribution in [3.8, 4) is 0 Å². The molecular formula is C15H31N2+. The minimum atomic E-state index is 0.292. The summed E-state index contributed by atoms with van der Waals surface area (Å²) in [6, 6.07) is 0.545. The zero-order valence-electron chi connectivity index (χ0n) is 13.0. The van der Waals surface area contributed by atoms with E-state index in [1.54, 1.807) is 0 Å². The summed E-state index contributed by atoms with van der Waals surface area (Å²) in [4.78, 5) is 3.13. The van der Waals surface area contributed by atoms with Gasteiger partial charge in [-0.05, 0) is 11.8 Å². The van der Waals surface area contributed by atoms with Gasteiger partial charge in [-0.1, -0.05) is 55.4 Å². The van der Waals surface area contributed by atoms with Gasteiger partial charge in [0.15, 0.2) is 0 Å². The van der Waals surface area contributed by atoms with Crippen LogP contribution in [0, 0.1) is 10.8 Å². The van der Waals surface area contributed by atoms with Crippen molar-refractivity contribution in [1.82, 2.24) is 4.98 Å². The van der Waals surface area contributed by atoms with Gasteiger partial charge >= 0.3 is 0 Å². The maximum Gasteiger partial charge on any atom is 0.241 e. The summed E-state index contributed by atoms with van der Waals surface area (Å²) >= 11 is 0. The quantitative estimate of drug-likeness (QED) is 0.740. The van der Waals surface area contributed by atoms with Crippen molar-refractivity contribution in [3.63, 3.8) is 0 Å². The van der Waals surface area contributed by atoms with Crippen LogP contribution in [0.1, 0.15) is 67.9 Å². The van der Waals surface area contributed by atoms with Crippen LogP contribution in [0.3, 0.4) is 0 Å². The molecule has 0 fully saturated rings. The van der Waals surface area contributed by atoms with Crippen molar-refractivity contribution >= 4 is 0 Å². The molecule has 1 rings (SSSR count). The van der Waals surface area contributed by atoms with Gasteiger partial charge < -0.3 is 0 Å². The van der Waals surface area contributed by atoms with E-state index in [1.165, 1.54) is 6.42 Å². The summed E-state index contributed by atoms with van der Waals surface area (Å²) < 4.78 is 2.30. The summed E-state index contributed by atoms with van der Waals surface area (Å²) in [5, 5.41) is 0. The minimum Gasteiger partial charge on any atom is -0.250 e. The third-order valence-electron chi connectivity index (χ3n) is 2.73. The van der Waals surface area contributed by atoms with Crippen LogP contribution in [-0.2, 0) is 0 Å². The Balaban J connectivity index is 0.00000121. The lowest BCUT2D eigenvalue weighted by Crippen LogP contribution is -2.46. The van der Waals surface area contributed by atoms with E-state index in [1.807, 2.05) is 20.0 Å². The summed E-state index contributed by atoms with van der Waals surface area (Å²) in [6.45, 7) is 17.8. The molecule has 0 saturated heterocycles. The van der Waals surface area contributed by atoms with Crippen LogP contribution >= 0.6 is 0 Å². The fraction of sp³-hybridized carbons (Fsp3) is 0.800. The van der Waals surface area contributed by atoms with Crippen LogP contribution in [0.2, 0.25) is 0 Å². The van der Waals surface area contributed by atoms with E-state index in [4.69, 9.17) is 0 Å². The largest absolute Gasteiger partial charge is 0.250 e. The molecule has 0 spiro atoms. The molecule has 1 N–H and O–H groups in total. The van der Waals surface area contributed by atoms with Crippen LogP contribution in [0.5, 0.6) is 0 Å². The van der Waals surface area contributed by atoms with Gasteiger partial charge in [0.05, 0.1) is 0 Å². The Kier molecular flexibility index (Phi) is 5.94. The number of hydrogen-bond donors (Lipinski definition) is 1. The molecule has 0 aliphatic heterocycles. The highest BCUT2D eigenvalue weighted by molar-refractivity contribution is 4.76. The third-order valence-corrected chi connectivity index (χ3v) is 2.73. The summed E-state index contributed by atoms with van der Waals surface area (Å²) in [5.41, 5.74) is 0.655. The number of H-pyrrole nitrogens is 1. The van der Waals surface area contributed by atoms with E-state index in [-0.39, 0.29) is 0 Å².